The molecule has 0 bridgehead atoms. The second-order valence-corrected chi connectivity index (χ2v) is 13.5. The van der Waals surface area contributed by atoms with E-state index in [-0.39, 0.29) is 60.9 Å². The summed E-state index contributed by atoms with van der Waals surface area (Å²) in [5.41, 5.74) is 3.76. The maximum absolute atomic E-state index is 14.2. The Bertz CT molecular complexity index is 1730. The molecule has 52 heavy (non-hydrogen) atoms. The summed E-state index contributed by atoms with van der Waals surface area (Å²) < 4.78 is 11.2. The van der Waals surface area contributed by atoms with Crippen LogP contribution in [-0.2, 0) is 28.7 Å². The number of benzene rings is 2. The van der Waals surface area contributed by atoms with Gasteiger partial charge in [-0.2, -0.15) is 0 Å². The van der Waals surface area contributed by atoms with Crippen LogP contribution in [0.25, 0.3) is 11.1 Å². The molecule has 2 aliphatic rings. The standard InChI is InChI=1S/C42H46N2O8/c1-7-37(45)43-17-19-51-41(49)35(21-25(3)4)33-23-31(27-13-9-11-15-29(27)39(33)47)32-24-34(40(48)30-16-12-10-14-28(30)32)36(22-26(5)6)42(50)52-20-18-44-38(46)8-2/h7-16,23-26,35-36H,1-2,17-22H2,3-6H3,(H,43,45)(H,44,46)/b32-31+. The number of ether oxygens (including phenoxy) is 2. The van der Waals surface area contributed by atoms with Gasteiger partial charge in [-0.05, 0) is 71.3 Å². The van der Waals surface area contributed by atoms with E-state index in [2.05, 4.69) is 23.8 Å². The number of fused-ring (bicyclic) bond motifs is 2. The zero-order valence-electron chi connectivity index (χ0n) is 30.2. The summed E-state index contributed by atoms with van der Waals surface area (Å²) in [6, 6.07) is 14.2. The second kappa shape index (κ2) is 18.0. The van der Waals surface area contributed by atoms with Gasteiger partial charge < -0.3 is 20.1 Å². The van der Waals surface area contributed by atoms with Crippen LogP contribution in [-0.4, -0.2) is 61.6 Å². The molecule has 0 radical (unpaired) electrons. The smallest absolute Gasteiger partial charge is 0.313 e. The van der Waals surface area contributed by atoms with E-state index >= 15 is 0 Å². The van der Waals surface area contributed by atoms with Gasteiger partial charge in [-0.1, -0.05) is 89.4 Å². The van der Waals surface area contributed by atoms with E-state index in [9.17, 15) is 28.8 Å². The molecule has 2 aromatic carbocycles. The normalized spacial score (nSPS) is 16.1. The molecule has 0 heterocycles. The average Bonchev–Trinajstić information content (AvgIpc) is 3.13. The molecule has 2 N–H and O–H groups in total. The van der Waals surface area contributed by atoms with Gasteiger partial charge in [0.15, 0.2) is 11.6 Å². The lowest BCUT2D eigenvalue weighted by molar-refractivity contribution is -0.148. The molecule has 272 valence electrons. The molecule has 2 amide bonds. The van der Waals surface area contributed by atoms with Gasteiger partial charge in [-0.25, -0.2) is 0 Å². The topological polar surface area (TPSA) is 145 Å². The highest BCUT2D eigenvalue weighted by molar-refractivity contribution is 6.24. The van der Waals surface area contributed by atoms with Crippen molar-refractivity contribution >= 4 is 46.5 Å². The van der Waals surface area contributed by atoms with E-state index in [1.165, 1.54) is 0 Å². The van der Waals surface area contributed by atoms with Gasteiger partial charge in [0.1, 0.15) is 13.2 Å². The van der Waals surface area contributed by atoms with Crippen LogP contribution in [0.15, 0.2) is 97.1 Å². The molecular formula is C42H46N2O8. The fourth-order valence-electron chi connectivity index (χ4n) is 6.34. The Hall–Kier alpha value is -5.64. The van der Waals surface area contributed by atoms with Crippen LogP contribution in [0.4, 0.5) is 0 Å². The van der Waals surface area contributed by atoms with Gasteiger partial charge >= 0.3 is 11.9 Å². The number of esters is 2. The summed E-state index contributed by atoms with van der Waals surface area (Å²) in [4.78, 5) is 78.8. The van der Waals surface area contributed by atoms with Crippen molar-refractivity contribution in [2.45, 2.75) is 40.5 Å². The minimum Gasteiger partial charge on any atom is -0.463 e. The number of ketones is 2. The summed E-state index contributed by atoms with van der Waals surface area (Å²) in [5.74, 6) is -4.39. The van der Waals surface area contributed by atoms with Crippen LogP contribution >= 0.6 is 0 Å². The Labute approximate surface area is 304 Å². The largest absolute Gasteiger partial charge is 0.463 e. The van der Waals surface area contributed by atoms with Crippen molar-refractivity contribution in [2.24, 2.45) is 23.7 Å². The van der Waals surface area contributed by atoms with Gasteiger partial charge in [-0.3, -0.25) is 28.8 Å². The van der Waals surface area contributed by atoms with Crippen LogP contribution < -0.4 is 10.6 Å². The summed E-state index contributed by atoms with van der Waals surface area (Å²) in [6.07, 6.45) is 6.33. The molecule has 2 unspecified atom stereocenters. The average molecular weight is 707 g/mol. The lowest BCUT2D eigenvalue weighted by Gasteiger charge is -2.29. The zero-order valence-corrected chi connectivity index (χ0v) is 30.2. The van der Waals surface area contributed by atoms with Gasteiger partial charge in [0.05, 0.1) is 24.9 Å². The molecule has 0 saturated heterocycles. The Kier molecular flexibility index (Phi) is 13.6. The molecule has 0 aliphatic heterocycles. The molecule has 10 nitrogen and oxygen atoms in total. The fourth-order valence-corrected chi connectivity index (χ4v) is 6.34. The van der Waals surface area contributed by atoms with Crippen molar-refractivity contribution in [1.29, 1.82) is 0 Å². The number of Topliss-reactive ketones (excluding diaryl/α,β-unsaturated/α-hetero) is 2. The van der Waals surface area contributed by atoms with Crippen LogP contribution in [0.2, 0.25) is 0 Å². The quantitative estimate of drug-likeness (QED) is 0.126. The van der Waals surface area contributed by atoms with Crippen LogP contribution in [0.1, 0.15) is 72.4 Å². The van der Waals surface area contributed by atoms with Crippen molar-refractivity contribution in [2.75, 3.05) is 26.3 Å². The van der Waals surface area contributed by atoms with Crippen molar-refractivity contribution in [3.63, 3.8) is 0 Å². The van der Waals surface area contributed by atoms with E-state index in [1.807, 2.05) is 52.0 Å². The molecule has 0 spiro atoms. The fraction of sp³-hybridized carbons (Fsp3) is 0.333. The third-order valence-electron chi connectivity index (χ3n) is 8.73. The molecule has 10 heteroatoms. The van der Waals surface area contributed by atoms with Gasteiger partial charge in [0.2, 0.25) is 11.8 Å². The number of allylic oxidation sites excluding steroid dienone is 4. The first-order valence-electron chi connectivity index (χ1n) is 17.5. The van der Waals surface area contributed by atoms with Crippen molar-refractivity contribution < 1.29 is 38.2 Å². The first-order valence-corrected chi connectivity index (χ1v) is 17.5. The van der Waals surface area contributed by atoms with Gasteiger partial charge in [0, 0.05) is 22.3 Å². The summed E-state index contributed by atoms with van der Waals surface area (Å²) in [7, 11) is 0. The van der Waals surface area contributed by atoms with E-state index < -0.39 is 35.6 Å². The third kappa shape index (κ3) is 9.37. The number of carbonyl (C=O) groups excluding carboxylic acids is 6. The maximum Gasteiger partial charge on any atom is 0.313 e. The summed E-state index contributed by atoms with van der Waals surface area (Å²) >= 11 is 0. The Morgan fingerprint density at radius 3 is 1.29 bits per heavy atom. The first kappa shape index (κ1) is 39.2. The highest BCUT2D eigenvalue weighted by atomic mass is 16.5. The van der Waals surface area contributed by atoms with E-state index in [4.69, 9.17) is 9.47 Å². The highest BCUT2D eigenvalue weighted by Crippen LogP contribution is 2.43. The molecule has 2 atom stereocenters. The number of nitrogens with one attached hydrogen (secondary N) is 2. The molecule has 0 aromatic heterocycles. The molecule has 0 saturated carbocycles. The monoisotopic (exact) mass is 706 g/mol. The number of rotatable bonds is 16. The predicted octanol–water partition coefficient (Wildman–Crippen LogP) is 5.86. The van der Waals surface area contributed by atoms with E-state index in [0.717, 1.165) is 12.2 Å². The SMILES string of the molecule is C=CC(=O)NCCOC(=O)C(CC(C)C)C1=C/C(=C2/C=C(C(CC(C)C)C(=O)OCCNC(=O)C=C)C(=O)c3ccccc32)c2ccccc2C1=O. The minimum absolute atomic E-state index is 0.0208. The van der Waals surface area contributed by atoms with Crippen molar-refractivity contribution in [3.8, 4) is 0 Å². The van der Waals surface area contributed by atoms with Crippen LogP contribution in [0.5, 0.6) is 0 Å². The van der Waals surface area contributed by atoms with Gasteiger partial charge in [-0.15, -0.1) is 0 Å². The summed E-state index contributed by atoms with van der Waals surface area (Å²) in [5, 5.41) is 5.15. The molecule has 4 rings (SSSR count). The van der Waals surface area contributed by atoms with E-state index in [1.54, 1.807) is 36.4 Å². The Morgan fingerprint density at radius 1 is 0.615 bits per heavy atom. The predicted molar refractivity (Wildman–Crippen MR) is 199 cm³/mol. The molecule has 2 aromatic rings. The Balaban J connectivity index is 1.87. The number of carbonyl (C=O) groups is 6. The Morgan fingerprint density at radius 2 is 0.962 bits per heavy atom. The number of hydrogen-bond donors (Lipinski definition) is 2. The molecule has 2 aliphatic carbocycles. The maximum atomic E-state index is 14.2. The molecular weight excluding hydrogens is 660 g/mol. The third-order valence-corrected chi connectivity index (χ3v) is 8.73. The van der Waals surface area contributed by atoms with Crippen molar-refractivity contribution in [1.82, 2.24) is 10.6 Å². The number of amides is 2. The van der Waals surface area contributed by atoms with E-state index in [0.29, 0.717) is 46.2 Å². The lowest BCUT2D eigenvalue weighted by atomic mass is 9.74. The highest BCUT2D eigenvalue weighted by Gasteiger charge is 2.38. The van der Waals surface area contributed by atoms with Crippen LogP contribution in [0.3, 0.4) is 0 Å². The van der Waals surface area contributed by atoms with Gasteiger partial charge in [0.25, 0.3) is 0 Å². The zero-order chi connectivity index (χ0) is 37.9. The molecule has 0 fully saturated rings. The van der Waals surface area contributed by atoms with Crippen molar-refractivity contribution in [3.05, 3.63) is 119 Å². The second-order valence-electron chi connectivity index (χ2n) is 13.5. The number of hydrogen-bond acceptors (Lipinski definition) is 8. The summed E-state index contributed by atoms with van der Waals surface area (Å²) in [6.45, 7) is 14.6. The minimum atomic E-state index is -0.916. The first-order chi connectivity index (χ1) is 24.9. The lowest BCUT2D eigenvalue weighted by Crippen LogP contribution is -2.31. The van der Waals surface area contributed by atoms with Crippen LogP contribution in [0, 0.1) is 23.7 Å².